The van der Waals surface area contributed by atoms with E-state index in [9.17, 15) is 4.79 Å². The van der Waals surface area contributed by atoms with Crippen molar-refractivity contribution < 1.29 is 4.74 Å². The van der Waals surface area contributed by atoms with Crippen molar-refractivity contribution in [2.75, 3.05) is 19.0 Å². The highest BCUT2D eigenvalue weighted by Gasteiger charge is 2.10. The van der Waals surface area contributed by atoms with Gasteiger partial charge in [-0.3, -0.25) is 4.79 Å². The lowest BCUT2D eigenvalue weighted by atomic mass is 10.2. The van der Waals surface area contributed by atoms with E-state index in [1.165, 1.54) is 4.57 Å². The van der Waals surface area contributed by atoms with E-state index in [0.29, 0.717) is 12.4 Å². The summed E-state index contributed by atoms with van der Waals surface area (Å²) in [7, 11) is 3.36. The fourth-order valence-electron chi connectivity index (χ4n) is 1.54. The maximum Gasteiger partial charge on any atom is 0.293 e. The molecule has 0 bridgehead atoms. The Labute approximate surface area is 95.5 Å². The van der Waals surface area contributed by atoms with Crippen LogP contribution in [-0.4, -0.2) is 29.3 Å². The van der Waals surface area contributed by atoms with Gasteiger partial charge in [-0.25, -0.2) is 4.98 Å². The lowest BCUT2D eigenvalue weighted by Gasteiger charge is -2.17. The van der Waals surface area contributed by atoms with Gasteiger partial charge in [0.1, 0.15) is 0 Å². The van der Waals surface area contributed by atoms with E-state index in [2.05, 4.69) is 17.2 Å². The molecule has 5 nitrogen and oxygen atoms in total. The summed E-state index contributed by atoms with van der Waals surface area (Å²) in [5, 5.41) is 3.12. The number of rotatable bonds is 6. The van der Waals surface area contributed by atoms with Crippen LogP contribution in [0.5, 0.6) is 0 Å². The van der Waals surface area contributed by atoms with E-state index in [1.807, 2.05) is 0 Å². The van der Waals surface area contributed by atoms with E-state index in [4.69, 9.17) is 4.74 Å². The number of nitrogens with zero attached hydrogens (tertiary/aromatic N) is 2. The number of hydrogen-bond acceptors (Lipinski definition) is 4. The monoisotopic (exact) mass is 225 g/mol. The Morgan fingerprint density at radius 3 is 3.00 bits per heavy atom. The topological polar surface area (TPSA) is 56.1 Å². The molecule has 0 aliphatic heterocycles. The van der Waals surface area contributed by atoms with E-state index < -0.39 is 0 Å². The lowest BCUT2D eigenvalue weighted by molar-refractivity contribution is 0.182. The maximum atomic E-state index is 11.7. The largest absolute Gasteiger partial charge is 0.383 e. The Kier molecular flexibility index (Phi) is 4.98. The molecule has 0 fully saturated rings. The summed E-state index contributed by atoms with van der Waals surface area (Å²) in [6, 6.07) is 0.137. The Morgan fingerprint density at radius 1 is 1.62 bits per heavy atom. The number of nitrogens with one attached hydrogen (secondary N) is 1. The fraction of sp³-hybridized carbons (Fsp3) is 0.636. The van der Waals surface area contributed by atoms with Gasteiger partial charge in [-0.15, -0.1) is 0 Å². The molecule has 1 rings (SSSR count). The average Bonchev–Trinajstić information content (AvgIpc) is 2.25. The molecule has 1 atom stereocenters. The van der Waals surface area contributed by atoms with Gasteiger partial charge in [0.2, 0.25) is 0 Å². The van der Waals surface area contributed by atoms with Crippen molar-refractivity contribution in [1.82, 2.24) is 9.55 Å². The van der Waals surface area contributed by atoms with Crippen LogP contribution in [0.25, 0.3) is 0 Å². The Balaban J connectivity index is 2.76. The summed E-state index contributed by atoms with van der Waals surface area (Å²) in [6.07, 6.45) is 5.24. The lowest BCUT2D eigenvalue weighted by Crippen LogP contribution is -2.30. The number of methoxy groups -OCH3 is 1. The molecule has 0 saturated carbocycles. The van der Waals surface area contributed by atoms with Crippen molar-refractivity contribution in [2.24, 2.45) is 7.05 Å². The predicted molar refractivity (Wildman–Crippen MR) is 63.7 cm³/mol. The molecule has 1 aromatic heterocycles. The highest BCUT2D eigenvalue weighted by Crippen LogP contribution is 2.03. The van der Waals surface area contributed by atoms with E-state index in [-0.39, 0.29) is 11.6 Å². The van der Waals surface area contributed by atoms with Crippen molar-refractivity contribution in [3.8, 4) is 0 Å². The molecule has 1 aromatic rings. The first-order valence-corrected chi connectivity index (χ1v) is 5.46. The van der Waals surface area contributed by atoms with Crippen LogP contribution in [0.2, 0.25) is 0 Å². The zero-order valence-electron chi connectivity index (χ0n) is 10.1. The van der Waals surface area contributed by atoms with E-state index >= 15 is 0 Å². The van der Waals surface area contributed by atoms with Gasteiger partial charge in [0.15, 0.2) is 5.82 Å². The summed E-state index contributed by atoms with van der Waals surface area (Å²) in [5.74, 6) is 0.389. The molecule has 0 radical (unpaired) electrons. The molecule has 0 aliphatic rings. The fourth-order valence-corrected chi connectivity index (χ4v) is 1.54. The van der Waals surface area contributed by atoms with Crippen molar-refractivity contribution in [3.63, 3.8) is 0 Å². The SMILES string of the molecule is CCCC(COC)Nc1nccn(C)c1=O. The number of anilines is 1. The van der Waals surface area contributed by atoms with Crippen molar-refractivity contribution in [3.05, 3.63) is 22.7 Å². The molecule has 0 amide bonds. The normalized spacial score (nSPS) is 12.4. The Bertz CT molecular complexity index is 370. The third-order valence-corrected chi connectivity index (χ3v) is 2.36. The van der Waals surface area contributed by atoms with Gasteiger partial charge >= 0.3 is 0 Å². The molecule has 1 unspecified atom stereocenters. The van der Waals surface area contributed by atoms with E-state index in [0.717, 1.165) is 12.8 Å². The molecule has 1 heterocycles. The smallest absolute Gasteiger partial charge is 0.293 e. The number of aryl methyl sites for hydroxylation is 1. The van der Waals surface area contributed by atoms with Gasteiger partial charge in [-0.1, -0.05) is 13.3 Å². The highest BCUT2D eigenvalue weighted by molar-refractivity contribution is 5.32. The minimum Gasteiger partial charge on any atom is -0.383 e. The Hall–Kier alpha value is -1.36. The van der Waals surface area contributed by atoms with Gasteiger partial charge in [0.05, 0.1) is 12.6 Å². The minimum absolute atomic E-state index is 0.111. The van der Waals surface area contributed by atoms with Crippen molar-refractivity contribution in [2.45, 2.75) is 25.8 Å². The van der Waals surface area contributed by atoms with Gasteiger partial charge in [-0.2, -0.15) is 0 Å². The molecule has 5 heteroatoms. The van der Waals surface area contributed by atoms with Crippen LogP contribution in [-0.2, 0) is 11.8 Å². The Morgan fingerprint density at radius 2 is 2.38 bits per heavy atom. The first kappa shape index (κ1) is 12.7. The second-order valence-corrected chi connectivity index (χ2v) is 3.78. The molecule has 0 saturated heterocycles. The molecule has 90 valence electrons. The van der Waals surface area contributed by atoms with Gasteiger partial charge in [0.25, 0.3) is 5.56 Å². The quantitative estimate of drug-likeness (QED) is 0.785. The van der Waals surface area contributed by atoms with Gasteiger partial charge in [0, 0.05) is 26.6 Å². The molecule has 0 aromatic carbocycles. The van der Waals surface area contributed by atoms with Crippen LogP contribution in [0.3, 0.4) is 0 Å². The van der Waals surface area contributed by atoms with Gasteiger partial charge < -0.3 is 14.6 Å². The third-order valence-electron chi connectivity index (χ3n) is 2.36. The molecular weight excluding hydrogens is 206 g/mol. The van der Waals surface area contributed by atoms with Crippen molar-refractivity contribution in [1.29, 1.82) is 0 Å². The average molecular weight is 225 g/mol. The minimum atomic E-state index is -0.111. The summed E-state index contributed by atoms with van der Waals surface area (Å²) >= 11 is 0. The van der Waals surface area contributed by atoms with E-state index in [1.54, 1.807) is 26.6 Å². The highest BCUT2D eigenvalue weighted by atomic mass is 16.5. The summed E-state index contributed by atoms with van der Waals surface area (Å²) in [5.41, 5.74) is -0.111. The van der Waals surface area contributed by atoms with Crippen molar-refractivity contribution >= 4 is 5.82 Å². The summed E-state index contributed by atoms with van der Waals surface area (Å²) < 4.78 is 6.60. The molecule has 0 aliphatic carbocycles. The van der Waals surface area contributed by atoms with Crippen LogP contribution < -0.4 is 10.9 Å². The molecule has 16 heavy (non-hydrogen) atoms. The second-order valence-electron chi connectivity index (χ2n) is 3.78. The molecular formula is C11H19N3O2. The number of ether oxygens (including phenoxy) is 1. The van der Waals surface area contributed by atoms with Crippen LogP contribution in [0, 0.1) is 0 Å². The summed E-state index contributed by atoms with van der Waals surface area (Å²) in [6.45, 7) is 2.68. The van der Waals surface area contributed by atoms with Crippen LogP contribution in [0.4, 0.5) is 5.82 Å². The second kappa shape index (κ2) is 6.27. The van der Waals surface area contributed by atoms with Gasteiger partial charge in [-0.05, 0) is 6.42 Å². The maximum absolute atomic E-state index is 11.7. The zero-order chi connectivity index (χ0) is 12.0. The molecule has 0 spiro atoms. The number of aromatic nitrogens is 2. The number of hydrogen-bond donors (Lipinski definition) is 1. The standard InChI is InChI=1S/C11H19N3O2/c1-4-5-9(8-16-3)13-10-11(15)14(2)7-6-12-10/h6-7,9H,4-5,8H2,1-3H3,(H,12,13). The van der Waals surface area contributed by atoms with Crippen LogP contribution >= 0.6 is 0 Å². The predicted octanol–water partition coefficient (Wildman–Crippen LogP) is 1.01. The summed E-state index contributed by atoms with van der Waals surface area (Å²) in [4.78, 5) is 15.8. The molecule has 1 N–H and O–H groups in total. The first-order chi connectivity index (χ1) is 7.69. The van der Waals surface area contributed by atoms with Crippen LogP contribution in [0.15, 0.2) is 17.2 Å². The third kappa shape index (κ3) is 3.34. The zero-order valence-corrected chi connectivity index (χ0v) is 10.1. The first-order valence-electron chi connectivity index (χ1n) is 5.46. The van der Waals surface area contributed by atoms with Crippen LogP contribution in [0.1, 0.15) is 19.8 Å².